The molecule has 2 N–H and O–H groups in total. The Morgan fingerprint density at radius 2 is 2.18 bits per heavy atom. The van der Waals surface area contributed by atoms with Crippen LogP contribution >= 0.6 is 0 Å². The Morgan fingerprint density at radius 1 is 1.38 bits per heavy atom. The SMILES string of the molecule is Cn1c(=O)c2c(ncn2CCNCC(O)CON=C2COC3C(O[N+](=O)[O-])COC23)n(C)c1=O. The topological polar surface area (TPSA) is 186 Å². The molecule has 2 saturated heterocycles. The molecule has 34 heavy (non-hydrogen) atoms. The lowest BCUT2D eigenvalue weighted by atomic mass is 10.1. The number of hydrogen-bond donors (Lipinski definition) is 2. The maximum Gasteiger partial charge on any atom is 0.332 e. The third-order valence-corrected chi connectivity index (χ3v) is 5.65. The number of nitrogens with one attached hydrogen (secondary N) is 1. The summed E-state index contributed by atoms with van der Waals surface area (Å²) in [5.41, 5.74) is 0.187. The highest BCUT2D eigenvalue weighted by atomic mass is 17.0. The number of rotatable bonds is 10. The summed E-state index contributed by atoms with van der Waals surface area (Å²) in [4.78, 5) is 48.8. The average molecular weight is 483 g/mol. The number of ether oxygens (including phenoxy) is 2. The maximum atomic E-state index is 12.4. The standard InChI is InChI=1S/C18H25N7O9/c1-22-16-13(17(27)23(2)18(22)28)24(9-20-16)4-3-19-5-10(26)6-33-21-11-7-31-15-12(34-25(29)30)8-32-14(11)15/h9-10,12,14-15,19,26H,3-8H2,1-2H3. The van der Waals surface area contributed by atoms with Gasteiger partial charge in [-0.25, -0.2) is 9.78 Å². The van der Waals surface area contributed by atoms with Crippen molar-refractivity contribution in [2.24, 2.45) is 19.3 Å². The van der Waals surface area contributed by atoms with Crippen LogP contribution in [0.4, 0.5) is 0 Å². The number of aromatic nitrogens is 4. The summed E-state index contributed by atoms with van der Waals surface area (Å²) >= 11 is 0. The minimum absolute atomic E-state index is 0.0104. The molecule has 0 spiro atoms. The van der Waals surface area contributed by atoms with Gasteiger partial charge in [0.15, 0.2) is 17.3 Å². The zero-order chi connectivity index (χ0) is 24.4. The molecule has 0 radical (unpaired) electrons. The lowest BCUT2D eigenvalue weighted by Crippen LogP contribution is -2.38. The van der Waals surface area contributed by atoms with E-state index in [1.807, 2.05) is 0 Å². The second kappa shape index (κ2) is 9.88. The fraction of sp³-hybridized carbons (Fsp3) is 0.667. The van der Waals surface area contributed by atoms with Crippen molar-refractivity contribution >= 4 is 16.9 Å². The minimum Gasteiger partial charge on any atom is -0.393 e. The van der Waals surface area contributed by atoms with Gasteiger partial charge in [0.25, 0.3) is 10.6 Å². The van der Waals surface area contributed by atoms with Crippen molar-refractivity contribution in [3.8, 4) is 0 Å². The molecule has 0 bridgehead atoms. The van der Waals surface area contributed by atoms with E-state index < -0.39 is 40.8 Å². The van der Waals surface area contributed by atoms with E-state index in [0.717, 1.165) is 4.57 Å². The molecule has 0 aliphatic carbocycles. The second-order valence-electron chi connectivity index (χ2n) is 7.95. The van der Waals surface area contributed by atoms with E-state index in [0.29, 0.717) is 30.0 Å². The molecular weight excluding hydrogens is 458 g/mol. The number of nitrogens with zero attached hydrogens (tertiary/aromatic N) is 6. The Labute approximate surface area is 191 Å². The van der Waals surface area contributed by atoms with Gasteiger partial charge in [-0.2, -0.15) is 0 Å². The van der Waals surface area contributed by atoms with Crippen LogP contribution in [0.25, 0.3) is 11.2 Å². The average Bonchev–Trinajstić information content (AvgIpc) is 3.50. The first kappa shape index (κ1) is 23.8. The Bertz CT molecular complexity index is 1200. The van der Waals surface area contributed by atoms with E-state index in [4.69, 9.17) is 14.3 Å². The van der Waals surface area contributed by atoms with Crippen LogP contribution in [0.2, 0.25) is 0 Å². The maximum absolute atomic E-state index is 12.4. The van der Waals surface area contributed by atoms with Crippen molar-refractivity contribution in [1.29, 1.82) is 0 Å². The number of aliphatic hydroxyl groups excluding tert-OH is 1. The van der Waals surface area contributed by atoms with Gasteiger partial charge in [-0.15, -0.1) is 10.1 Å². The molecule has 0 aromatic carbocycles. The molecule has 4 heterocycles. The van der Waals surface area contributed by atoms with Crippen LogP contribution < -0.4 is 16.6 Å². The van der Waals surface area contributed by atoms with Gasteiger partial charge in [-0.3, -0.25) is 13.9 Å². The predicted molar refractivity (Wildman–Crippen MR) is 114 cm³/mol. The molecular formula is C18H25N7O9. The summed E-state index contributed by atoms with van der Waals surface area (Å²) in [6.45, 7) is 1.02. The van der Waals surface area contributed by atoms with Gasteiger partial charge >= 0.3 is 5.69 Å². The highest BCUT2D eigenvalue weighted by Crippen LogP contribution is 2.27. The molecule has 4 unspecified atom stereocenters. The minimum atomic E-state index is -0.883. The van der Waals surface area contributed by atoms with E-state index in [9.17, 15) is 24.8 Å². The summed E-state index contributed by atoms with van der Waals surface area (Å²) in [6, 6.07) is 0. The van der Waals surface area contributed by atoms with Crippen molar-refractivity contribution in [3.05, 3.63) is 37.3 Å². The van der Waals surface area contributed by atoms with Crippen molar-refractivity contribution in [2.75, 3.05) is 32.9 Å². The summed E-state index contributed by atoms with van der Waals surface area (Å²) < 4.78 is 14.9. The Hall–Kier alpha value is -3.34. The van der Waals surface area contributed by atoms with Crippen LogP contribution in [0.5, 0.6) is 0 Å². The first-order chi connectivity index (χ1) is 16.3. The lowest BCUT2D eigenvalue weighted by molar-refractivity contribution is -0.769. The normalized spacial score (nSPS) is 24.0. The molecule has 16 heteroatoms. The van der Waals surface area contributed by atoms with Gasteiger partial charge in [0.05, 0.1) is 19.5 Å². The third-order valence-electron chi connectivity index (χ3n) is 5.65. The highest BCUT2D eigenvalue weighted by molar-refractivity contribution is 5.92. The van der Waals surface area contributed by atoms with Crippen LogP contribution in [-0.4, -0.2) is 91.9 Å². The monoisotopic (exact) mass is 483 g/mol. The molecule has 16 nitrogen and oxygen atoms in total. The van der Waals surface area contributed by atoms with Crippen molar-refractivity contribution < 1.29 is 29.3 Å². The van der Waals surface area contributed by atoms with Gasteiger partial charge in [0, 0.05) is 33.7 Å². The van der Waals surface area contributed by atoms with Crippen LogP contribution in [0.1, 0.15) is 0 Å². The van der Waals surface area contributed by atoms with Gasteiger partial charge < -0.3 is 34.1 Å². The molecule has 2 fully saturated rings. The summed E-state index contributed by atoms with van der Waals surface area (Å²) in [5.74, 6) is 0. The van der Waals surface area contributed by atoms with E-state index >= 15 is 0 Å². The Morgan fingerprint density at radius 3 is 2.94 bits per heavy atom. The quantitative estimate of drug-likeness (QED) is 0.201. The summed E-state index contributed by atoms with van der Waals surface area (Å²) in [6.07, 6.45) is -1.41. The predicted octanol–water partition coefficient (Wildman–Crippen LogP) is -2.87. The fourth-order valence-electron chi connectivity index (χ4n) is 3.91. The van der Waals surface area contributed by atoms with Gasteiger partial charge in [-0.1, -0.05) is 5.16 Å². The number of aryl methyl sites for hydroxylation is 1. The van der Waals surface area contributed by atoms with Crippen LogP contribution in [0.3, 0.4) is 0 Å². The van der Waals surface area contributed by atoms with Crippen LogP contribution in [-0.2, 0) is 39.8 Å². The highest BCUT2D eigenvalue weighted by Gasteiger charge is 2.48. The number of hydrogen-bond acceptors (Lipinski definition) is 12. The molecule has 186 valence electrons. The molecule has 0 amide bonds. The van der Waals surface area contributed by atoms with E-state index in [2.05, 4.69) is 20.3 Å². The Balaban J connectivity index is 1.22. The largest absolute Gasteiger partial charge is 0.393 e. The smallest absolute Gasteiger partial charge is 0.332 e. The van der Waals surface area contributed by atoms with Gasteiger partial charge in [-0.05, 0) is 0 Å². The molecule has 4 atom stereocenters. The number of imidazole rings is 1. The number of fused-ring (bicyclic) bond motifs is 2. The van der Waals surface area contributed by atoms with E-state index in [-0.39, 0.29) is 26.4 Å². The van der Waals surface area contributed by atoms with Crippen LogP contribution in [0.15, 0.2) is 21.1 Å². The van der Waals surface area contributed by atoms with E-state index in [1.54, 1.807) is 11.6 Å². The molecule has 2 aromatic heterocycles. The van der Waals surface area contributed by atoms with Crippen LogP contribution in [0, 0.1) is 10.1 Å². The lowest BCUT2D eigenvalue weighted by Gasteiger charge is -2.12. The van der Waals surface area contributed by atoms with Gasteiger partial charge in [0.2, 0.25) is 0 Å². The molecule has 2 aromatic rings. The summed E-state index contributed by atoms with van der Waals surface area (Å²) in [5, 5.41) is 26.7. The fourth-order valence-corrected chi connectivity index (χ4v) is 3.91. The first-order valence-corrected chi connectivity index (χ1v) is 10.5. The molecule has 4 rings (SSSR count). The van der Waals surface area contributed by atoms with Crippen molar-refractivity contribution in [2.45, 2.75) is 31.0 Å². The zero-order valence-corrected chi connectivity index (χ0v) is 18.5. The van der Waals surface area contributed by atoms with Crippen molar-refractivity contribution in [3.63, 3.8) is 0 Å². The zero-order valence-electron chi connectivity index (χ0n) is 18.5. The first-order valence-electron chi connectivity index (χ1n) is 10.5. The number of aliphatic hydroxyl groups is 1. The van der Waals surface area contributed by atoms with E-state index in [1.165, 1.54) is 17.9 Å². The molecule has 0 saturated carbocycles. The Kier molecular flexibility index (Phi) is 6.92. The third kappa shape index (κ3) is 4.65. The van der Waals surface area contributed by atoms with Gasteiger partial charge in [0.1, 0.15) is 30.6 Å². The molecule has 2 aliphatic heterocycles. The summed E-state index contributed by atoms with van der Waals surface area (Å²) in [7, 11) is 2.96. The number of oxime groups is 1. The van der Waals surface area contributed by atoms with Crippen molar-refractivity contribution in [1.82, 2.24) is 24.0 Å². The molecule has 2 aliphatic rings. The second-order valence-corrected chi connectivity index (χ2v) is 7.95.